The summed E-state index contributed by atoms with van der Waals surface area (Å²) in [5.41, 5.74) is 0. The summed E-state index contributed by atoms with van der Waals surface area (Å²) in [5, 5.41) is 4.64. The van der Waals surface area contributed by atoms with E-state index in [0.29, 0.717) is 0 Å². The van der Waals surface area contributed by atoms with Gasteiger partial charge in [-0.25, -0.2) is 5.01 Å². The zero-order valence-corrected chi connectivity index (χ0v) is 7.45. The van der Waals surface area contributed by atoms with Crippen LogP contribution < -0.4 is 0 Å². The van der Waals surface area contributed by atoms with E-state index in [0.717, 1.165) is 6.42 Å². The fourth-order valence-corrected chi connectivity index (χ4v) is 1.76. The van der Waals surface area contributed by atoms with Crippen molar-refractivity contribution in [2.24, 2.45) is 0 Å². The van der Waals surface area contributed by atoms with E-state index < -0.39 is 0 Å². The van der Waals surface area contributed by atoms with E-state index in [-0.39, 0.29) is 0 Å². The maximum Gasteiger partial charge on any atom is 0.0184 e. The molecule has 2 rings (SSSR count). The normalized spacial score (nSPS) is 24.8. The van der Waals surface area contributed by atoms with Crippen molar-refractivity contribution in [1.82, 2.24) is 10.0 Å². The van der Waals surface area contributed by atoms with Gasteiger partial charge < -0.3 is 0 Å². The summed E-state index contributed by atoms with van der Waals surface area (Å²) in [5.74, 6) is 0. The lowest BCUT2D eigenvalue weighted by molar-refractivity contribution is 0.0450. The summed E-state index contributed by atoms with van der Waals surface area (Å²) in [7, 11) is 0. The van der Waals surface area contributed by atoms with Gasteiger partial charge in [0, 0.05) is 25.5 Å². The van der Waals surface area contributed by atoms with E-state index in [2.05, 4.69) is 34.6 Å². The Morgan fingerprint density at radius 2 is 1.50 bits per heavy atom. The SMILES string of the molecule is C1=CN(N2CCCCC2)C=CC1. The summed E-state index contributed by atoms with van der Waals surface area (Å²) in [4.78, 5) is 0. The van der Waals surface area contributed by atoms with Gasteiger partial charge in [-0.1, -0.05) is 18.6 Å². The molecular formula is C10H16N2. The molecule has 2 aliphatic rings. The van der Waals surface area contributed by atoms with Crippen LogP contribution in [-0.4, -0.2) is 23.1 Å². The highest BCUT2D eigenvalue weighted by Crippen LogP contribution is 2.14. The Kier molecular flexibility index (Phi) is 2.47. The highest BCUT2D eigenvalue weighted by molar-refractivity contribution is 5.00. The molecule has 0 aromatic rings. The number of piperidine rings is 1. The van der Waals surface area contributed by atoms with Crippen LogP contribution in [-0.2, 0) is 0 Å². The van der Waals surface area contributed by atoms with Crippen molar-refractivity contribution in [1.29, 1.82) is 0 Å². The van der Waals surface area contributed by atoms with E-state index in [1.807, 2.05) is 0 Å². The highest BCUT2D eigenvalue weighted by atomic mass is 15.6. The van der Waals surface area contributed by atoms with Gasteiger partial charge in [0.25, 0.3) is 0 Å². The molecule has 0 aromatic heterocycles. The van der Waals surface area contributed by atoms with Crippen LogP contribution in [0, 0.1) is 0 Å². The Hall–Kier alpha value is -0.760. The topological polar surface area (TPSA) is 6.48 Å². The standard InChI is InChI=1S/C10H16N2/c1-3-7-11(8-4-1)12-9-5-2-6-10-12/h3-4,7-8H,1-2,5-6,9-10H2. The van der Waals surface area contributed by atoms with E-state index in [1.54, 1.807) is 0 Å². The van der Waals surface area contributed by atoms with Gasteiger partial charge >= 0.3 is 0 Å². The lowest BCUT2D eigenvalue weighted by Crippen LogP contribution is -2.39. The van der Waals surface area contributed by atoms with Crippen molar-refractivity contribution < 1.29 is 0 Å². The minimum atomic E-state index is 1.09. The van der Waals surface area contributed by atoms with Gasteiger partial charge in [0.2, 0.25) is 0 Å². The third-order valence-corrected chi connectivity index (χ3v) is 2.45. The van der Waals surface area contributed by atoms with Crippen LogP contribution in [0.5, 0.6) is 0 Å². The maximum absolute atomic E-state index is 2.41. The van der Waals surface area contributed by atoms with Crippen LogP contribution in [0.15, 0.2) is 24.6 Å². The summed E-state index contributed by atoms with van der Waals surface area (Å²) in [6, 6.07) is 0. The van der Waals surface area contributed by atoms with Crippen LogP contribution >= 0.6 is 0 Å². The second-order valence-electron chi connectivity index (χ2n) is 3.40. The van der Waals surface area contributed by atoms with E-state index in [1.165, 1.54) is 32.4 Å². The minimum absolute atomic E-state index is 1.09. The number of hydrogen-bond acceptors (Lipinski definition) is 2. The predicted molar refractivity (Wildman–Crippen MR) is 50.2 cm³/mol. The Morgan fingerprint density at radius 3 is 2.17 bits per heavy atom. The molecule has 1 fully saturated rings. The van der Waals surface area contributed by atoms with Gasteiger partial charge in [-0.05, 0) is 19.3 Å². The molecule has 2 heterocycles. The highest BCUT2D eigenvalue weighted by Gasteiger charge is 2.13. The van der Waals surface area contributed by atoms with Crippen LogP contribution in [0.2, 0.25) is 0 Å². The summed E-state index contributed by atoms with van der Waals surface area (Å²) < 4.78 is 0. The molecule has 1 saturated heterocycles. The molecule has 0 aromatic carbocycles. The average molecular weight is 164 g/mol. The number of rotatable bonds is 1. The largest absolute Gasteiger partial charge is 0.290 e. The Balaban J connectivity index is 1.93. The molecule has 12 heavy (non-hydrogen) atoms. The van der Waals surface area contributed by atoms with Crippen LogP contribution in [0.25, 0.3) is 0 Å². The first kappa shape index (κ1) is 7.87. The molecular weight excluding hydrogens is 148 g/mol. The summed E-state index contributed by atoms with van der Waals surface area (Å²) >= 11 is 0. The van der Waals surface area contributed by atoms with Crippen molar-refractivity contribution >= 4 is 0 Å². The van der Waals surface area contributed by atoms with Crippen molar-refractivity contribution in [3.8, 4) is 0 Å². The van der Waals surface area contributed by atoms with E-state index in [4.69, 9.17) is 0 Å². The van der Waals surface area contributed by atoms with Crippen LogP contribution in [0.1, 0.15) is 25.7 Å². The number of hydrazine groups is 1. The van der Waals surface area contributed by atoms with Gasteiger partial charge in [0.15, 0.2) is 0 Å². The van der Waals surface area contributed by atoms with Crippen LogP contribution in [0.4, 0.5) is 0 Å². The first-order chi connectivity index (χ1) is 5.97. The maximum atomic E-state index is 2.41. The molecule has 0 radical (unpaired) electrons. The summed E-state index contributed by atoms with van der Waals surface area (Å²) in [6.07, 6.45) is 13.9. The fraction of sp³-hybridized carbons (Fsp3) is 0.600. The molecule has 2 nitrogen and oxygen atoms in total. The molecule has 66 valence electrons. The monoisotopic (exact) mass is 164 g/mol. The molecule has 0 amide bonds. The van der Waals surface area contributed by atoms with E-state index in [9.17, 15) is 0 Å². The lowest BCUT2D eigenvalue weighted by atomic mass is 10.2. The molecule has 0 N–H and O–H groups in total. The molecule has 0 aliphatic carbocycles. The molecule has 0 unspecified atom stereocenters. The molecule has 0 bridgehead atoms. The van der Waals surface area contributed by atoms with Crippen LogP contribution in [0.3, 0.4) is 0 Å². The first-order valence-electron chi connectivity index (χ1n) is 4.83. The Labute approximate surface area is 74.1 Å². The van der Waals surface area contributed by atoms with Gasteiger partial charge in [-0.15, -0.1) is 0 Å². The molecule has 0 saturated carbocycles. The molecule has 0 spiro atoms. The number of nitrogens with zero attached hydrogens (tertiary/aromatic N) is 2. The molecule has 2 aliphatic heterocycles. The Bertz CT molecular complexity index is 178. The second kappa shape index (κ2) is 3.76. The number of hydrogen-bond donors (Lipinski definition) is 0. The predicted octanol–water partition coefficient (Wildman–Crippen LogP) is 2.12. The van der Waals surface area contributed by atoms with Crippen molar-refractivity contribution in [3.63, 3.8) is 0 Å². The minimum Gasteiger partial charge on any atom is -0.290 e. The van der Waals surface area contributed by atoms with E-state index >= 15 is 0 Å². The van der Waals surface area contributed by atoms with Gasteiger partial charge in [0.05, 0.1) is 0 Å². The summed E-state index contributed by atoms with van der Waals surface area (Å²) in [6.45, 7) is 2.43. The fourth-order valence-electron chi connectivity index (χ4n) is 1.76. The molecule has 0 atom stereocenters. The zero-order chi connectivity index (χ0) is 8.23. The first-order valence-corrected chi connectivity index (χ1v) is 4.83. The van der Waals surface area contributed by atoms with Crippen molar-refractivity contribution in [3.05, 3.63) is 24.6 Å². The average Bonchev–Trinajstić information content (AvgIpc) is 2.21. The van der Waals surface area contributed by atoms with Crippen molar-refractivity contribution in [2.45, 2.75) is 25.7 Å². The smallest absolute Gasteiger partial charge is 0.0184 e. The zero-order valence-electron chi connectivity index (χ0n) is 7.45. The van der Waals surface area contributed by atoms with Gasteiger partial charge in [-0.2, -0.15) is 0 Å². The van der Waals surface area contributed by atoms with Crippen molar-refractivity contribution in [2.75, 3.05) is 13.1 Å². The lowest BCUT2D eigenvalue weighted by Gasteiger charge is -2.35. The third-order valence-electron chi connectivity index (χ3n) is 2.45. The Morgan fingerprint density at radius 1 is 0.833 bits per heavy atom. The van der Waals surface area contributed by atoms with Gasteiger partial charge in [-0.3, -0.25) is 5.01 Å². The second-order valence-corrected chi connectivity index (χ2v) is 3.40. The molecule has 2 heteroatoms. The quantitative estimate of drug-likeness (QED) is 0.585. The third kappa shape index (κ3) is 1.69. The number of allylic oxidation sites excluding steroid dienone is 2. The van der Waals surface area contributed by atoms with Gasteiger partial charge in [0.1, 0.15) is 0 Å².